The van der Waals surface area contributed by atoms with E-state index >= 15 is 0 Å². The summed E-state index contributed by atoms with van der Waals surface area (Å²) < 4.78 is 5.50. The smallest absolute Gasteiger partial charge is 0.274 e. The molecule has 7 nitrogen and oxygen atoms in total. The quantitative estimate of drug-likeness (QED) is 0.783. The molecule has 0 spiro atoms. The summed E-state index contributed by atoms with van der Waals surface area (Å²) in [6.45, 7) is 2.64. The van der Waals surface area contributed by atoms with Crippen molar-refractivity contribution >= 4 is 11.7 Å². The monoisotopic (exact) mass is 266 g/mol. The third-order valence-corrected chi connectivity index (χ3v) is 2.96. The molecule has 2 heterocycles. The van der Waals surface area contributed by atoms with Crippen LogP contribution in [0, 0.1) is 0 Å². The van der Waals surface area contributed by atoms with E-state index in [-0.39, 0.29) is 24.7 Å². The van der Waals surface area contributed by atoms with Crippen LogP contribution in [0.4, 0.5) is 5.82 Å². The predicted octanol–water partition coefficient (Wildman–Crippen LogP) is -0.260. The van der Waals surface area contributed by atoms with Crippen LogP contribution >= 0.6 is 0 Å². The molecule has 2 rings (SSSR count). The second-order valence-corrected chi connectivity index (χ2v) is 4.52. The van der Waals surface area contributed by atoms with Gasteiger partial charge in [0.15, 0.2) is 5.69 Å². The molecular formula is C12H18N4O3. The van der Waals surface area contributed by atoms with Gasteiger partial charge >= 0.3 is 0 Å². The highest BCUT2D eigenvalue weighted by Gasteiger charge is 2.29. The lowest BCUT2D eigenvalue weighted by Crippen LogP contribution is -2.50. The van der Waals surface area contributed by atoms with Crippen molar-refractivity contribution in [2.24, 2.45) is 0 Å². The fraction of sp³-hybridized carbons (Fsp3) is 0.583. The van der Waals surface area contributed by atoms with Gasteiger partial charge in [0.1, 0.15) is 5.82 Å². The third kappa shape index (κ3) is 3.18. The Bertz CT molecular complexity index is 437. The largest absolute Gasteiger partial charge is 0.394 e. The van der Waals surface area contributed by atoms with Crippen LogP contribution in [0.25, 0.3) is 0 Å². The molecule has 104 valence electrons. The molecule has 1 fully saturated rings. The zero-order valence-electron chi connectivity index (χ0n) is 11.0. The standard InChI is InChI=1S/C12H18N4O3/c1-8-5-16(6-9(7-17)19-8)12(18)10-3-4-11(13-2)15-14-10/h3-4,8-9,17H,5-7H2,1-2H3,(H,13,15). The summed E-state index contributed by atoms with van der Waals surface area (Å²) in [5, 5.41) is 19.8. The second kappa shape index (κ2) is 5.94. The molecule has 0 aromatic carbocycles. The minimum atomic E-state index is -0.336. The molecule has 2 N–H and O–H groups in total. The van der Waals surface area contributed by atoms with Gasteiger partial charge < -0.3 is 20.1 Å². The second-order valence-electron chi connectivity index (χ2n) is 4.52. The average molecular weight is 266 g/mol. The summed E-state index contributed by atoms with van der Waals surface area (Å²) in [5.41, 5.74) is 0.296. The molecule has 1 aromatic rings. The number of anilines is 1. The van der Waals surface area contributed by atoms with Gasteiger partial charge in [-0.1, -0.05) is 0 Å². The highest BCUT2D eigenvalue weighted by Crippen LogP contribution is 2.13. The molecule has 1 amide bonds. The molecule has 0 bridgehead atoms. The van der Waals surface area contributed by atoms with E-state index in [1.54, 1.807) is 24.1 Å². The number of aliphatic hydroxyl groups excluding tert-OH is 1. The van der Waals surface area contributed by atoms with Gasteiger partial charge in [-0.2, -0.15) is 0 Å². The van der Waals surface area contributed by atoms with Crippen molar-refractivity contribution in [1.29, 1.82) is 0 Å². The summed E-state index contributed by atoms with van der Waals surface area (Å²) in [6, 6.07) is 3.34. The first-order valence-corrected chi connectivity index (χ1v) is 6.21. The molecule has 2 atom stereocenters. The van der Waals surface area contributed by atoms with Crippen LogP contribution in [0.5, 0.6) is 0 Å². The van der Waals surface area contributed by atoms with Crippen LogP contribution in [0.2, 0.25) is 0 Å². The van der Waals surface area contributed by atoms with Gasteiger partial charge in [0.25, 0.3) is 5.91 Å². The van der Waals surface area contributed by atoms with E-state index in [1.807, 2.05) is 6.92 Å². The average Bonchev–Trinajstić information content (AvgIpc) is 2.46. The van der Waals surface area contributed by atoms with Crippen LogP contribution in [0.3, 0.4) is 0 Å². The Morgan fingerprint density at radius 3 is 2.89 bits per heavy atom. The zero-order valence-corrected chi connectivity index (χ0v) is 11.0. The van der Waals surface area contributed by atoms with Crippen molar-refractivity contribution in [2.45, 2.75) is 19.1 Å². The summed E-state index contributed by atoms with van der Waals surface area (Å²) in [5.74, 6) is 0.420. The molecule has 7 heteroatoms. The lowest BCUT2D eigenvalue weighted by Gasteiger charge is -2.35. The first-order chi connectivity index (χ1) is 9.13. The van der Waals surface area contributed by atoms with Gasteiger partial charge in [0, 0.05) is 20.1 Å². The fourth-order valence-corrected chi connectivity index (χ4v) is 2.05. The zero-order chi connectivity index (χ0) is 13.8. The fourth-order valence-electron chi connectivity index (χ4n) is 2.05. The maximum absolute atomic E-state index is 12.3. The van der Waals surface area contributed by atoms with E-state index in [4.69, 9.17) is 9.84 Å². The van der Waals surface area contributed by atoms with Gasteiger partial charge in [0.05, 0.1) is 18.8 Å². The Balaban J connectivity index is 2.09. The number of hydrogen-bond acceptors (Lipinski definition) is 6. The van der Waals surface area contributed by atoms with Crippen LogP contribution < -0.4 is 5.32 Å². The summed E-state index contributed by atoms with van der Waals surface area (Å²) in [4.78, 5) is 13.9. The number of aromatic nitrogens is 2. The SMILES string of the molecule is CNc1ccc(C(=O)N2CC(C)OC(CO)C2)nn1. The number of nitrogens with one attached hydrogen (secondary N) is 1. The first kappa shape index (κ1) is 13.7. The van der Waals surface area contributed by atoms with Gasteiger partial charge in [-0.15, -0.1) is 10.2 Å². The number of nitrogens with zero attached hydrogens (tertiary/aromatic N) is 3. The molecule has 0 saturated carbocycles. The molecule has 1 aliphatic heterocycles. The van der Waals surface area contributed by atoms with Crippen LogP contribution in [-0.4, -0.2) is 65.1 Å². The number of carbonyl (C=O) groups is 1. The lowest BCUT2D eigenvalue weighted by molar-refractivity contribution is -0.0859. The van der Waals surface area contributed by atoms with Crippen molar-refractivity contribution in [2.75, 3.05) is 32.1 Å². The van der Waals surface area contributed by atoms with E-state index < -0.39 is 0 Å². The highest BCUT2D eigenvalue weighted by atomic mass is 16.5. The van der Waals surface area contributed by atoms with Crippen molar-refractivity contribution in [3.8, 4) is 0 Å². The van der Waals surface area contributed by atoms with Gasteiger partial charge in [-0.3, -0.25) is 4.79 Å². The Labute approximate surface area is 111 Å². The molecule has 1 aromatic heterocycles. The van der Waals surface area contributed by atoms with Crippen LogP contribution in [0.15, 0.2) is 12.1 Å². The van der Waals surface area contributed by atoms with Gasteiger partial charge in [0.2, 0.25) is 0 Å². The molecule has 2 unspecified atom stereocenters. The van der Waals surface area contributed by atoms with Crippen molar-refractivity contribution in [3.05, 3.63) is 17.8 Å². The molecule has 0 aliphatic carbocycles. The summed E-state index contributed by atoms with van der Waals surface area (Å²) in [7, 11) is 1.74. The number of ether oxygens (including phenoxy) is 1. The van der Waals surface area contributed by atoms with Crippen LogP contribution in [-0.2, 0) is 4.74 Å². The van der Waals surface area contributed by atoms with Crippen molar-refractivity contribution in [1.82, 2.24) is 15.1 Å². The number of rotatable bonds is 3. The van der Waals surface area contributed by atoms with E-state index in [0.717, 1.165) is 0 Å². The van der Waals surface area contributed by atoms with E-state index in [2.05, 4.69) is 15.5 Å². The van der Waals surface area contributed by atoms with Crippen molar-refractivity contribution < 1.29 is 14.6 Å². The van der Waals surface area contributed by atoms with Crippen molar-refractivity contribution in [3.63, 3.8) is 0 Å². The molecule has 19 heavy (non-hydrogen) atoms. The minimum Gasteiger partial charge on any atom is -0.394 e. The van der Waals surface area contributed by atoms with E-state index in [0.29, 0.717) is 24.6 Å². The number of carbonyl (C=O) groups excluding carboxylic acids is 1. The first-order valence-electron chi connectivity index (χ1n) is 6.21. The number of aliphatic hydroxyl groups is 1. The van der Waals surface area contributed by atoms with Crippen LogP contribution in [0.1, 0.15) is 17.4 Å². The molecule has 1 aliphatic rings. The van der Waals surface area contributed by atoms with E-state index in [9.17, 15) is 4.79 Å². The minimum absolute atomic E-state index is 0.0978. The number of hydrogen-bond donors (Lipinski definition) is 2. The highest BCUT2D eigenvalue weighted by molar-refractivity contribution is 5.92. The molecule has 1 saturated heterocycles. The van der Waals surface area contributed by atoms with Gasteiger partial charge in [-0.25, -0.2) is 0 Å². The number of amides is 1. The van der Waals surface area contributed by atoms with Gasteiger partial charge in [-0.05, 0) is 19.1 Å². The normalized spacial score (nSPS) is 23.2. The Morgan fingerprint density at radius 2 is 2.32 bits per heavy atom. The summed E-state index contributed by atoms with van der Waals surface area (Å²) in [6.07, 6.45) is -0.434. The Morgan fingerprint density at radius 1 is 1.53 bits per heavy atom. The maximum Gasteiger partial charge on any atom is 0.274 e. The third-order valence-electron chi connectivity index (χ3n) is 2.96. The molecular weight excluding hydrogens is 248 g/mol. The topological polar surface area (TPSA) is 87.6 Å². The Hall–Kier alpha value is -1.73. The molecule has 0 radical (unpaired) electrons. The summed E-state index contributed by atoms with van der Waals surface area (Å²) >= 11 is 0. The lowest BCUT2D eigenvalue weighted by atomic mass is 10.2. The van der Waals surface area contributed by atoms with E-state index in [1.165, 1.54) is 0 Å². The predicted molar refractivity (Wildman–Crippen MR) is 68.9 cm³/mol. The number of morpholine rings is 1. The Kier molecular flexibility index (Phi) is 4.28. The maximum atomic E-state index is 12.3.